The van der Waals surface area contributed by atoms with Gasteiger partial charge in [-0.1, -0.05) is 11.6 Å². The Kier molecular flexibility index (Phi) is 7.18. The average Bonchev–Trinajstić information content (AvgIpc) is 2.98. The molecule has 0 aliphatic carbocycles. The molecule has 0 bridgehead atoms. The summed E-state index contributed by atoms with van der Waals surface area (Å²) in [4.78, 5) is 16.0. The van der Waals surface area contributed by atoms with Crippen LogP contribution in [0.1, 0.15) is 12.1 Å². The first-order valence-electron chi connectivity index (χ1n) is 7.39. The van der Waals surface area contributed by atoms with Gasteiger partial charge in [0.1, 0.15) is 0 Å². The molecule has 7 nitrogen and oxygen atoms in total. The van der Waals surface area contributed by atoms with Crippen LogP contribution in [0, 0.1) is 0 Å². The molecule has 0 aliphatic rings. The maximum Gasteiger partial charge on any atom is 0.263 e. The number of ether oxygens (including phenoxy) is 1. The first-order valence-corrected chi connectivity index (χ1v) is 10.1. The Morgan fingerprint density at radius 1 is 1.32 bits per heavy atom. The van der Waals surface area contributed by atoms with E-state index in [1.54, 1.807) is 12.5 Å². The van der Waals surface area contributed by atoms with Crippen LogP contribution >= 0.6 is 22.9 Å². The number of aromatic nitrogens is 1. The molecule has 25 heavy (non-hydrogen) atoms. The molecule has 2 rings (SSSR count). The van der Waals surface area contributed by atoms with Crippen molar-refractivity contribution in [2.75, 3.05) is 25.0 Å². The Balaban J connectivity index is 1.92. The average molecular weight is 404 g/mol. The summed E-state index contributed by atoms with van der Waals surface area (Å²) in [7, 11) is -2.14. The van der Waals surface area contributed by atoms with Gasteiger partial charge >= 0.3 is 0 Å². The lowest BCUT2D eigenvalue weighted by molar-refractivity contribution is -0.120. The molecule has 1 aromatic carbocycles. The summed E-state index contributed by atoms with van der Waals surface area (Å²) in [6.07, 6.45) is 0.817. The second-order valence-electron chi connectivity index (χ2n) is 5.08. The van der Waals surface area contributed by atoms with Crippen LogP contribution in [-0.2, 0) is 26.0 Å². The summed E-state index contributed by atoms with van der Waals surface area (Å²) in [5, 5.41) is 5.05. The van der Waals surface area contributed by atoms with Crippen LogP contribution in [-0.4, -0.2) is 39.6 Å². The van der Waals surface area contributed by atoms with Crippen molar-refractivity contribution in [2.45, 2.75) is 17.7 Å². The molecule has 10 heteroatoms. The normalized spacial score (nSPS) is 11.3. The van der Waals surface area contributed by atoms with Gasteiger partial charge in [-0.25, -0.2) is 13.4 Å². The van der Waals surface area contributed by atoms with Crippen molar-refractivity contribution in [3.05, 3.63) is 40.4 Å². The summed E-state index contributed by atoms with van der Waals surface area (Å²) >= 11 is 6.88. The van der Waals surface area contributed by atoms with Crippen LogP contribution in [0.3, 0.4) is 0 Å². The first-order chi connectivity index (χ1) is 11.9. The summed E-state index contributed by atoms with van der Waals surface area (Å²) in [6, 6.07) is 5.81. The molecule has 0 saturated heterocycles. The van der Waals surface area contributed by atoms with E-state index in [9.17, 15) is 13.2 Å². The zero-order valence-electron chi connectivity index (χ0n) is 13.5. The minimum absolute atomic E-state index is 0.0875. The number of halogens is 1. The third kappa shape index (κ3) is 6.28. The summed E-state index contributed by atoms with van der Waals surface area (Å²) in [6.45, 7) is 1.10. The topological polar surface area (TPSA) is 97.4 Å². The van der Waals surface area contributed by atoms with Crippen molar-refractivity contribution >= 4 is 44.0 Å². The van der Waals surface area contributed by atoms with Gasteiger partial charge in [0.05, 0.1) is 17.0 Å². The van der Waals surface area contributed by atoms with Gasteiger partial charge < -0.3 is 10.1 Å². The van der Waals surface area contributed by atoms with E-state index in [2.05, 4.69) is 15.0 Å². The quantitative estimate of drug-likeness (QED) is 0.626. The highest BCUT2D eigenvalue weighted by Crippen LogP contribution is 2.21. The van der Waals surface area contributed by atoms with Gasteiger partial charge in [-0.3, -0.25) is 9.52 Å². The second kappa shape index (κ2) is 9.14. The molecular weight excluding hydrogens is 386 g/mol. The number of methoxy groups -OCH3 is 1. The molecule has 0 unspecified atom stereocenters. The van der Waals surface area contributed by atoms with Gasteiger partial charge in [0.15, 0.2) is 5.13 Å². The fraction of sp³-hybridized carbons (Fsp3) is 0.333. The van der Waals surface area contributed by atoms with Crippen LogP contribution in [0.15, 0.2) is 34.5 Å². The van der Waals surface area contributed by atoms with Crippen LogP contribution in [0.2, 0.25) is 5.02 Å². The molecule has 0 atom stereocenters. The maximum atomic E-state index is 12.3. The number of carbonyl (C=O) groups is 1. The Morgan fingerprint density at radius 3 is 2.72 bits per heavy atom. The molecule has 0 aliphatic heterocycles. The smallest absolute Gasteiger partial charge is 0.263 e. The lowest BCUT2D eigenvalue weighted by Gasteiger charge is -2.05. The molecular formula is C15H18ClN3O4S2. The first kappa shape index (κ1) is 19.6. The van der Waals surface area contributed by atoms with Crippen LogP contribution < -0.4 is 10.0 Å². The number of amides is 1. The molecule has 2 N–H and O–H groups in total. The Morgan fingerprint density at radius 2 is 2.04 bits per heavy atom. The van der Waals surface area contributed by atoms with Gasteiger partial charge in [-0.15, -0.1) is 11.3 Å². The number of hydrogen-bond acceptors (Lipinski definition) is 6. The van der Waals surface area contributed by atoms with E-state index in [-0.39, 0.29) is 22.4 Å². The van der Waals surface area contributed by atoms with E-state index in [1.807, 2.05) is 0 Å². The molecule has 0 spiro atoms. The van der Waals surface area contributed by atoms with Gasteiger partial charge in [-0.2, -0.15) is 0 Å². The molecule has 0 radical (unpaired) electrons. The molecule has 0 saturated carbocycles. The van der Waals surface area contributed by atoms with E-state index >= 15 is 0 Å². The fourth-order valence-electron chi connectivity index (χ4n) is 1.89. The summed E-state index contributed by atoms with van der Waals surface area (Å²) < 4.78 is 31.8. The predicted octanol–water partition coefficient (Wildman–Crippen LogP) is 2.29. The third-order valence-corrected chi connectivity index (χ3v) is 5.63. The Bertz CT molecular complexity index is 806. The minimum Gasteiger partial charge on any atom is -0.385 e. The SMILES string of the molecule is COCCCNC(=O)Cc1csc(NS(=O)(=O)c2ccc(Cl)cc2)n1. The van der Waals surface area contributed by atoms with Crippen molar-refractivity contribution in [1.82, 2.24) is 10.3 Å². The van der Waals surface area contributed by atoms with E-state index in [0.29, 0.717) is 23.9 Å². The lowest BCUT2D eigenvalue weighted by Crippen LogP contribution is -2.26. The number of thiazole rings is 1. The lowest BCUT2D eigenvalue weighted by atomic mass is 10.3. The monoisotopic (exact) mass is 403 g/mol. The number of nitrogens with zero attached hydrogens (tertiary/aromatic N) is 1. The van der Waals surface area contributed by atoms with E-state index in [4.69, 9.17) is 16.3 Å². The molecule has 136 valence electrons. The Labute approximate surface area is 155 Å². The molecule has 2 aromatic rings. The van der Waals surface area contributed by atoms with E-state index < -0.39 is 10.0 Å². The standard InChI is InChI=1S/C15H18ClN3O4S2/c1-23-8-2-7-17-14(20)9-12-10-24-15(18-12)19-25(21,22)13-5-3-11(16)4-6-13/h3-6,10H,2,7-9H2,1H3,(H,17,20)(H,18,19). The number of benzene rings is 1. The maximum absolute atomic E-state index is 12.3. The molecule has 1 amide bonds. The zero-order chi connectivity index (χ0) is 18.3. The van der Waals surface area contributed by atoms with Crippen LogP contribution in [0.5, 0.6) is 0 Å². The van der Waals surface area contributed by atoms with Crippen molar-refractivity contribution in [3.8, 4) is 0 Å². The highest BCUT2D eigenvalue weighted by atomic mass is 35.5. The molecule has 1 heterocycles. The second-order valence-corrected chi connectivity index (χ2v) is 8.05. The van der Waals surface area contributed by atoms with Gasteiger partial charge in [0.2, 0.25) is 5.91 Å². The van der Waals surface area contributed by atoms with Gasteiger partial charge in [0, 0.05) is 30.7 Å². The number of sulfonamides is 1. The van der Waals surface area contributed by atoms with Crippen molar-refractivity contribution in [1.29, 1.82) is 0 Å². The van der Waals surface area contributed by atoms with Crippen LogP contribution in [0.4, 0.5) is 5.13 Å². The van der Waals surface area contributed by atoms with Crippen molar-refractivity contribution < 1.29 is 17.9 Å². The number of rotatable bonds is 9. The predicted molar refractivity (Wildman–Crippen MR) is 97.6 cm³/mol. The van der Waals surface area contributed by atoms with E-state index in [1.165, 1.54) is 24.3 Å². The summed E-state index contributed by atoms with van der Waals surface area (Å²) in [5.41, 5.74) is 0.503. The fourth-order valence-corrected chi connectivity index (χ4v) is 3.98. The number of carbonyl (C=O) groups excluding carboxylic acids is 1. The van der Waals surface area contributed by atoms with Crippen molar-refractivity contribution in [3.63, 3.8) is 0 Å². The number of anilines is 1. The van der Waals surface area contributed by atoms with Gasteiger partial charge in [-0.05, 0) is 30.7 Å². The summed E-state index contributed by atoms with van der Waals surface area (Å²) in [5.74, 6) is -0.173. The van der Waals surface area contributed by atoms with E-state index in [0.717, 1.165) is 17.8 Å². The van der Waals surface area contributed by atoms with Crippen molar-refractivity contribution in [2.24, 2.45) is 0 Å². The molecule has 0 fully saturated rings. The Hall–Kier alpha value is -1.68. The highest BCUT2D eigenvalue weighted by molar-refractivity contribution is 7.93. The minimum atomic E-state index is -3.74. The highest BCUT2D eigenvalue weighted by Gasteiger charge is 2.16. The largest absolute Gasteiger partial charge is 0.385 e. The number of hydrogen-bond donors (Lipinski definition) is 2. The molecule has 1 aromatic heterocycles. The number of nitrogens with one attached hydrogen (secondary N) is 2. The van der Waals surface area contributed by atoms with Crippen LogP contribution in [0.25, 0.3) is 0 Å². The zero-order valence-corrected chi connectivity index (χ0v) is 15.9. The van der Waals surface area contributed by atoms with Gasteiger partial charge in [0.25, 0.3) is 10.0 Å². The third-order valence-electron chi connectivity index (χ3n) is 3.09.